The van der Waals surface area contributed by atoms with Crippen LogP contribution in [0, 0.1) is 0 Å². The maximum absolute atomic E-state index is 12.7. The van der Waals surface area contributed by atoms with Gasteiger partial charge in [0, 0.05) is 37.9 Å². The summed E-state index contributed by atoms with van der Waals surface area (Å²) in [5, 5.41) is 0. The molecule has 8 heteroatoms. The third-order valence-corrected chi connectivity index (χ3v) is 6.88. The first kappa shape index (κ1) is 22.3. The van der Waals surface area contributed by atoms with Crippen LogP contribution in [0.25, 0.3) is 0 Å². The number of nitrogens with zero attached hydrogens (tertiary/aromatic N) is 2. The quantitative estimate of drug-likeness (QED) is 0.647. The number of ether oxygens (including phenoxy) is 1. The lowest BCUT2D eigenvalue weighted by Crippen LogP contribution is -2.47. The molecule has 0 spiro atoms. The van der Waals surface area contributed by atoms with Crippen LogP contribution >= 0.6 is 0 Å². The van der Waals surface area contributed by atoms with Gasteiger partial charge in [-0.25, -0.2) is 17.9 Å². The van der Waals surface area contributed by atoms with Crippen molar-refractivity contribution in [3.63, 3.8) is 0 Å². The minimum Gasteiger partial charge on any atom is -0.465 e. The van der Waals surface area contributed by atoms with Crippen molar-refractivity contribution in [1.82, 2.24) is 9.62 Å². The van der Waals surface area contributed by atoms with E-state index in [4.69, 9.17) is 0 Å². The predicted molar refractivity (Wildman–Crippen MR) is 117 cm³/mol. The smallest absolute Gasteiger partial charge is 0.337 e. The SMILES string of the molecule is COC(=O)c1cccc(S(=O)(=O)N[C@@H](C)CCN2CCN(c3ccccc3)CC2)c1. The van der Waals surface area contributed by atoms with Gasteiger partial charge < -0.3 is 9.64 Å². The van der Waals surface area contributed by atoms with E-state index in [1.54, 1.807) is 0 Å². The van der Waals surface area contributed by atoms with Crippen LogP contribution in [0.1, 0.15) is 23.7 Å². The van der Waals surface area contributed by atoms with E-state index in [1.165, 1.54) is 37.1 Å². The molecular weight excluding hydrogens is 402 g/mol. The molecule has 2 aromatic carbocycles. The van der Waals surface area contributed by atoms with E-state index in [0.717, 1.165) is 32.7 Å². The van der Waals surface area contributed by atoms with Gasteiger partial charge in [0.25, 0.3) is 0 Å². The number of carbonyl (C=O) groups is 1. The summed E-state index contributed by atoms with van der Waals surface area (Å²) in [5.74, 6) is -0.560. The Morgan fingerprint density at radius 3 is 2.43 bits per heavy atom. The van der Waals surface area contributed by atoms with Crippen molar-refractivity contribution in [2.24, 2.45) is 0 Å². The van der Waals surface area contributed by atoms with Gasteiger partial charge in [0.1, 0.15) is 0 Å². The van der Waals surface area contributed by atoms with Crippen molar-refractivity contribution < 1.29 is 17.9 Å². The van der Waals surface area contributed by atoms with Crippen molar-refractivity contribution in [1.29, 1.82) is 0 Å². The Hall–Kier alpha value is -2.42. The highest BCUT2D eigenvalue weighted by atomic mass is 32.2. The Balaban J connectivity index is 1.49. The van der Waals surface area contributed by atoms with Gasteiger partial charge in [0.05, 0.1) is 17.6 Å². The summed E-state index contributed by atoms with van der Waals surface area (Å²) >= 11 is 0. The normalized spacial score (nSPS) is 16.3. The van der Waals surface area contributed by atoms with Crippen LogP contribution in [0.2, 0.25) is 0 Å². The number of esters is 1. The summed E-state index contributed by atoms with van der Waals surface area (Å²) < 4.78 is 32.7. The van der Waals surface area contributed by atoms with E-state index in [0.29, 0.717) is 6.42 Å². The maximum atomic E-state index is 12.7. The molecular formula is C22H29N3O4S. The lowest BCUT2D eigenvalue weighted by Gasteiger charge is -2.36. The molecule has 0 saturated carbocycles. The molecule has 30 heavy (non-hydrogen) atoms. The number of methoxy groups -OCH3 is 1. The molecule has 162 valence electrons. The molecule has 0 aromatic heterocycles. The number of hydrogen-bond acceptors (Lipinski definition) is 6. The molecule has 1 saturated heterocycles. The van der Waals surface area contributed by atoms with E-state index in [9.17, 15) is 13.2 Å². The minimum absolute atomic E-state index is 0.0636. The monoisotopic (exact) mass is 431 g/mol. The fraction of sp³-hybridized carbons (Fsp3) is 0.409. The van der Waals surface area contributed by atoms with Crippen molar-refractivity contribution in [3.8, 4) is 0 Å². The first-order valence-electron chi connectivity index (χ1n) is 10.1. The molecule has 1 heterocycles. The second-order valence-electron chi connectivity index (χ2n) is 7.49. The maximum Gasteiger partial charge on any atom is 0.337 e. The molecule has 0 unspecified atom stereocenters. The Morgan fingerprint density at radius 1 is 1.07 bits per heavy atom. The van der Waals surface area contributed by atoms with E-state index in [2.05, 4.69) is 43.5 Å². The Morgan fingerprint density at radius 2 is 1.77 bits per heavy atom. The molecule has 0 amide bonds. The van der Waals surface area contributed by atoms with Crippen LogP contribution < -0.4 is 9.62 Å². The molecule has 1 aliphatic rings. The first-order valence-corrected chi connectivity index (χ1v) is 11.6. The molecule has 1 fully saturated rings. The summed E-state index contributed by atoms with van der Waals surface area (Å²) in [5.41, 5.74) is 1.46. The van der Waals surface area contributed by atoms with Gasteiger partial charge >= 0.3 is 5.97 Å². The summed E-state index contributed by atoms with van der Waals surface area (Å²) in [6.07, 6.45) is 0.710. The number of piperazine rings is 1. The van der Waals surface area contributed by atoms with Crippen LogP contribution in [0.4, 0.5) is 5.69 Å². The van der Waals surface area contributed by atoms with Crippen LogP contribution in [0.15, 0.2) is 59.5 Å². The number of sulfonamides is 1. The van der Waals surface area contributed by atoms with Gasteiger partial charge in [0.15, 0.2) is 0 Å². The second kappa shape index (κ2) is 10.1. The van der Waals surface area contributed by atoms with E-state index in [1.807, 2.05) is 13.0 Å². The molecule has 7 nitrogen and oxygen atoms in total. The minimum atomic E-state index is -3.71. The molecule has 1 atom stereocenters. The Bertz CT molecular complexity index is 942. The van der Waals surface area contributed by atoms with Gasteiger partial charge in [-0.1, -0.05) is 24.3 Å². The number of para-hydroxylation sites is 1. The number of carbonyl (C=O) groups excluding carboxylic acids is 1. The second-order valence-corrected chi connectivity index (χ2v) is 9.21. The van der Waals surface area contributed by atoms with Gasteiger partial charge in [-0.05, 0) is 50.2 Å². The zero-order chi connectivity index (χ0) is 21.6. The molecule has 0 radical (unpaired) electrons. The summed E-state index contributed by atoms with van der Waals surface area (Å²) in [4.78, 5) is 16.5. The highest BCUT2D eigenvalue weighted by Gasteiger charge is 2.21. The Kier molecular flexibility index (Phi) is 7.47. The average Bonchev–Trinajstić information content (AvgIpc) is 2.78. The molecule has 1 aliphatic heterocycles. The van der Waals surface area contributed by atoms with Gasteiger partial charge in [0.2, 0.25) is 10.0 Å². The lowest BCUT2D eigenvalue weighted by molar-refractivity contribution is 0.0600. The number of benzene rings is 2. The molecule has 1 N–H and O–H groups in total. The average molecular weight is 432 g/mol. The van der Waals surface area contributed by atoms with Gasteiger partial charge in [-0.3, -0.25) is 4.90 Å². The lowest BCUT2D eigenvalue weighted by atomic mass is 10.2. The summed E-state index contributed by atoms with van der Waals surface area (Å²) in [7, 11) is -2.44. The van der Waals surface area contributed by atoms with Crippen LogP contribution in [0.3, 0.4) is 0 Å². The highest BCUT2D eigenvalue weighted by molar-refractivity contribution is 7.89. The highest BCUT2D eigenvalue weighted by Crippen LogP contribution is 2.16. The van der Waals surface area contributed by atoms with Gasteiger partial charge in [-0.2, -0.15) is 0 Å². The fourth-order valence-electron chi connectivity index (χ4n) is 3.54. The zero-order valence-corrected chi connectivity index (χ0v) is 18.3. The third-order valence-electron chi connectivity index (χ3n) is 5.29. The number of hydrogen-bond donors (Lipinski definition) is 1. The molecule has 2 aromatic rings. The van der Waals surface area contributed by atoms with Crippen LogP contribution in [0.5, 0.6) is 0 Å². The van der Waals surface area contributed by atoms with Crippen molar-refractivity contribution in [2.75, 3.05) is 44.7 Å². The zero-order valence-electron chi connectivity index (χ0n) is 17.5. The fourth-order valence-corrected chi connectivity index (χ4v) is 4.87. The van der Waals surface area contributed by atoms with E-state index in [-0.39, 0.29) is 16.5 Å². The first-order chi connectivity index (χ1) is 14.4. The largest absolute Gasteiger partial charge is 0.465 e. The van der Waals surface area contributed by atoms with Crippen LogP contribution in [-0.2, 0) is 14.8 Å². The summed E-state index contributed by atoms with van der Waals surface area (Å²) in [6.45, 7) is 6.52. The van der Waals surface area contributed by atoms with Crippen molar-refractivity contribution in [3.05, 3.63) is 60.2 Å². The molecule has 0 bridgehead atoms. The van der Waals surface area contributed by atoms with E-state index < -0.39 is 16.0 Å². The topological polar surface area (TPSA) is 78.9 Å². The number of anilines is 1. The predicted octanol–water partition coefficient (Wildman–Crippen LogP) is 2.35. The van der Waals surface area contributed by atoms with Crippen molar-refractivity contribution in [2.45, 2.75) is 24.3 Å². The Labute approximate surface area is 178 Å². The van der Waals surface area contributed by atoms with E-state index >= 15 is 0 Å². The van der Waals surface area contributed by atoms with Gasteiger partial charge in [-0.15, -0.1) is 0 Å². The number of nitrogens with one attached hydrogen (secondary N) is 1. The third kappa shape index (κ3) is 5.81. The standard InChI is InChI=1S/C22H29N3O4S/c1-18(23-30(27,28)21-10-6-7-19(17-21)22(26)29-2)11-12-24-13-15-25(16-14-24)20-8-4-3-5-9-20/h3-10,17-18,23H,11-16H2,1-2H3/t18-/m0/s1. The van der Waals surface area contributed by atoms with Crippen molar-refractivity contribution >= 4 is 21.7 Å². The molecule has 3 rings (SSSR count). The number of rotatable bonds is 8. The van der Waals surface area contributed by atoms with Crippen LogP contribution in [-0.4, -0.2) is 65.2 Å². The summed E-state index contributed by atoms with van der Waals surface area (Å²) in [6, 6.07) is 16.0. The molecule has 0 aliphatic carbocycles.